The van der Waals surface area contributed by atoms with Crippen molar-refractivity contribution in [2.24, 2.45) is 4.99 Å². The molecule has 1 aliphatic rings. The Labute approximate surface area is 177 Å². The van der Waals surface area contributed by atoms with Crippen LogP contribution in [-0.2, 0) is 0 Å². The molecule has 0 unspecified atom stereocenters. The molecule has 1 aliphatic heterocycles. The molecule has 28 heavy (non-hydrogen) atoms. The molecular weight excluding hydrogens is 388 g/mol. The summed E-state index contributed by atoms with van der Waals surface area (Å²) in [5.74, 6) is 1.78. The Balaban J connectivity index is 0.000000660. The lowest BCUT2D eigenvalue weighted by atomic mass is 10.00. The molecule has 0 N–H and O–H groups in total. The molecule has 0 saturated heterocycles. The van der Waals surface area contributed by atoms with Crippen LogP contribution in [0.25, 0.3) is 5.00 Å². The number of hydrogen-bond acceptors (Lipinski definition) is 4. The first-order valence-electron chi connectivity index (χ1n) is 9.83. The van der Waals surface area contributed by atoms with Crippen molar-refractivity contribution in [2.75, 3.05) is 0 Å². The number of fused-ring (bicyclic) bond motifs is 3. The number of thiophene rings is 1. The molecule has 4 rings (SSSR count). The number of benzene rings is 1. The number of aromatic nitrogens is 3. The largest absolute Gasteiger partial charge is 0.273 e. The third kappa shape index (κ3) is 3.91. The smallest absolute Gasteiger partial charge is 0.162 e. The summed E-state index contributed by atoms with van der Waals surface area (Å²) in [7, 11) is 0. The van der Waals surface area contributed by atoms with Gasteiger partial charge in [-0.1, -0.05) is 51.4 Å². The van der Waals surface area contributed by atoms with Crippen molar-refractivity contribution in [1.29, 1.82) is 0 Å². The average molecular weight is 417 g/mol. The van der Waals surface area contributed by atoms with Gasteiger partial charge >= 0.3 is 0 Å². The van der Waals surface area contributed by atoms with E-state index in [0.29, 0.717) is 0 Å². The Kier molecular flexibility index (Phi) is 7.55. The fraction of sp³-hybridized carbons (Fsp3) is 0.409. The van der Waals surface area contributed by atoms with E-state index in [2.05, 4.69) is 35.5 Å². The monoisotopic (exact) mass is 416 g/mol. The third-order valence-electron chi connectivity index (χ3n) is 4.47. The molecular formula is C22H29ClN4S. The number of halogens is 1. The summed E-state index contributed by atoms with van der Waals surface area (Å²) < 4.78 is 2.15. The lowest BCUT2D eigenvalue weighted by Crippen LogP contribution is -2.07. The van der Waals surface area contributed by atoms with Crippen LogP contribution in [0, 0.1) is 20.8 Å². The summed E-state index contributed by atoms with van der Waals surface area (Å²) >= 11 is 7.83. The zero-order valence-corrected chi connectivity index (χ0v) is 19.5. The molecule has 1 aromatic carbocycles. The van der Waals surface area contributed by atoms with Gasteiger partial charge in [0.25, 0.3) is 0 Å². The van der Waals surface area contributed by atoms with Gasteiger partial charge in [0.05, 0.1) is 5.71 Å². The van der Waals surface area contributed by atoms with E-state index in [4.69, 9.17) is 16.6 Å². The maximum atomic E-state index is 6.06. The molecule has 0 bridgehead atoms. The van der Waals surface area contributed by atoms with Gasteiger partial charge in [-0.3, -0.25) is 9.56 Å². The Hall–Kier alpha value is -1.98. The second kappa shape index (κ2) is 9.48. The molecule has 0 aliphatic carbocycles. The van der Waals surface area contributed by atoms with Crippen molar-refractivity contribution in [3.63, 3.8) is 0 Å². The fourth-order valence-corrected chi connectivity index (χ4v) is 4.43. The Morgan fingerprint density at radius 2 is 1.57 bits per heavy atom. The van der Waals surface area contributed by atoms with Gasteiger partial charge in [-0.25, -0.2) is 0 Å². The Morgan fingerprint density at radius 3 is 2.18 bits per heavy atom. The molecule has 0 spiro atoms. The number of hydrogen-bond donors (Lipinski definition) is 0. The maximum absolute atomic E-state index is 6.06. The zero-order chi connectivity index (χ0) is 21.0. The van der Waals surface area contributed by atoms with Crippen LogP contribution in [0.4, 0.5) is 0 Å². The summed E-state index contributed by atoms with van der Waals surface area (Å²) in [5.41, 5.74) is 4.51. The van der Waals surface area contributed by atoms with Crippen LogP contribution in [0.3, 0.4) is 0 Å². The predicted molar refractivity (Wildman–Crippen MR) is 122 cm³/mol. The lowest BCUT2D eigenvalue weighted by Gasteiger charge is -2.09. The average Bonchev–Trinajstić information content (AvgIpc) is 3.19. The van der Waals surface area contributed by atoms with Gasteiger partial charge < -0.3 is 0 Å². The van der Waals surface area contributed by atoms with Crippen molar-refractivity contribution < 1.29 is 0 Å². The molecule has 6 heteroatoms. The minimum Gasteiger partial charge on any atom is -0.273 e. The molecule has 0 fully saturated rings. The van der Waals surface area contributed by atoms with E-state index >= 15 is 0 Å². The summed E-state index contributed by atoms with van der Waals surface area (Å²) in [5, 5.41) is 10.5. The van der Waals surface area contributed by atoms with E-state index in [1.54, 1.807) is 11.3 Å². The van der Waals surface area contributed by atoms with Gasteiger partial charge in [0.15, 0.2) is 5.82 Å². The van der Waals surface area contributed by atoms with Gasteiger partial charge in [0.2, 0.25) is 0 Å². The minimum absolute atomic E-state index is 0.0591. The van der Waals surface area contributed by atoms with E-state index in [9.17, 15) is 0 Å². The second-order valence-electron chi connectivity index (χ2n) is 6.06. The SMILES string of the molecule is CC.CC.Cc1sc2c(c1C)C(c1ccc(Cl)cc1)=N[C@@H](C)c1nnc(C)n1-2. The molecule has 0 radical (unpaired) electrons. The van der Waals surface area contributed by atoms with Crippen LogP contribution < -0.4 is 0 Å². The number of rotatable bonds is 1. The standard InChI is InChI=1S/C18H17ClN4S.2C2H6/c1-9-11(3)24-18-15(9)16(13-5-7-14(19)8-6-13)20-10(2)17-22-21-12(4)23(17)18;2*1-2/h5-8,10H,1-4H3;2*1-2H3/t10-;;/m0../s1. The van der Waals surface area contributed by atoms with E-state index < -0.39 is 0 Å². The maximum Gasteiger partial charge on any atom is 0.162 e. The molecule has 2 aromatic heterocycles. The van der Waals surface area contributed by atoms with Crippen LogP contribution in [0.1, 0.15) is 73.9 Å². The zero-order valence-electron chi connectivity index (χ0n) is 18.0. The van der Waals surface area contributed by atoms with Crippen molar-refractivity contribution in [2.45, 2.75) is 61.4 Å². The van der Waals surface area contributed by atoms with Crippen molar-refractivity contribution in [1.82, 2.24) is 14.8 Å². The highest BCUT2D eigenvalue weighted by atomic mass is 35.5. The summed E-state index contributed by atoms with van der Waals surface area (Å²) in [6.45, 7) is 16.4. The van der Waals surface area contributed by atoms with Gasteiger partial charge in [-0.2, -0.15) is 0 Å². The molecule has 150 valence electrons. The van der Waals surface area contributed by atoms with Crippen LogP contribution in [0.2, 0.25) is 5.02 Å². The normalized spacial score (nSPS) is 14.5. The number of aryl methyl sites for hydroxylation is 2. The molecule has 3 heterocycles. The summed E-state index contributed by atoms with van der Waals surface area (Å²) in [6.07, 6.45) is 0. The molecule has 0 saturated carbocycles. The van der Waals surface area contributed by atoms with Crippen molar-refractivity contribution >= 4 is 28.6 Å². The van der Waals surface area contributed by atoms with Gasteiger partial charge in [-0.05, 0) is 45.4 Å². The van der Waals surface area contributed by atoms with Crippen molar-refractivity contribution in [3.05, 3.63) is 62.5 Å². The highest BCUT2D eigenvalue weighted by molar-refractivity contribution is 7.15. The Morgan fingerprint density at radius 1 is 0.964 bits per heavy atom. The van der Waals surface area contributed by atoms with Crippen molar-refractivity contribution in [3.8, 4) is 5.00 Å². The van der Waals surface area contributed by atoms with Gasteiger partial charge in [-0.15, -0.1) is 21.5 Å². The first-order valence-corrected chi connectivity index (χ1v) is 11.0. The van der Waals surface area contributed by atoms with E-state index in [-0.39, 0.29) is 6.04 Å². The summed E-state index contributed by atoms with van der Waals surface area (Å²) in [6, 6.07) is 7.83. The second-order valence-corrected chi connectivity index (χ2v) is 7.70. The Bertz CT molecular complexity index is 967. The number of nitrogens with zero attached hydrogens (tertiary/aromatic N) is 4. The quantitative estimate of drug-likeness (QED) is 0.434. The van der Waals surface area contributed by atoms with Gasteiger partial charge in [0, 0.05) is 21.0 Å². The van der Waals surface area contributed by atoms with Crippen LogP contribution in [0.5, 0.6) is 0 Å². The number of aliphatic imine (C=N–C) groups is 1. The fourth-order valence-electron chi connectivity index (χ4n) is 3.09. The molecule has 0 amide bonds. The van der Waals surface area contributed by atoms with E-state index in [1.165, 1.54) is 16.0 Å². The third-order valence-corrected chi connectivity index (χ3v) is 5.91. The van der Waals surface area contributed by atoms with E-state index in [1.807, 2.05) is 58.9 Å². The topological polar surface area (TPSA) is 43.1 Å². The van der Waals surface area contributed by atoms with Crippen LogP contribution in [0.15, 0.2) is 29.3 Å². The highest BCUT2D eigenvalue weighted by Crippen LogP contribution is 2.38. The van der Waals surface area contributed by atoms with Crippen LogP contribution in [-0.4, -0.2) is 20.5 Å². The molecule has 3 aromatic rings. The van der Waals surface area contributed by atoms with E-state index in [0.717, 1.165) is 32.9 Å². The molecule has 1 atom stereocenters. The first-order chi connectivity index (χ1) is 13.5. The molecule has 4 nitrogen and oxygen atoms in total. The predicted octanol–water partition coefficient (Wildman–Crippen LogP) is 6.87. The van der Waals surface area contributed by atoms with Gasteiger partial charge in [0.1, 0.15) is 16.9 Å². The highest BCUT2D eigenvalue weighted by Gasteiger charge is 2.29. The minimum atomic E-state index is -0.0591. The summed E-state index contributed by atoms with van der Waals surface area (Å²) in [4.78, 5) is 6.29. The van der Waals surface area contributed by atoms with Crippen LogP contribution >= 0.6 is 22.9 Å². The first kappa shape index (κ1) is 22.3. The lowest BCUT2D eigenvalue weighted by molar-refractivity contribution is 0.724.